The van der Waals surface area contributed by atoms with Crippen LogP contribution in [0, 0.1) is 0 Å². The molecule has 1 saturated heterocycles. The first-order valence-electron chi connectivity index (χ1n) is 12.0. The summed E-state index contributed by atoms with van der Waals surface area (Å²) in [6, 6.07) is 1.69. The number of hydrogen-bond donors (Lipinski definition) is 4. The molecule has 1 saturated carbocycles. The third-order valence-corrected chi connectivity index (χ3v) is 7.80. The molecule has 34 heavy (non-hydrogen) atoms. The van der Waals surface area contributed by atoms with Crippen LogP contribution in [0.3, 0.4) is 0 Å². The summed E-state index contributed by atoms with van der Waals surface area (Å²) < 4.78 is 0. The number of aliphatic hydroxyl groups excluding tert-OH is 1. The molecule has 1 unspecified atom stereocenters. The first-order chi connectivity index (χ1) is 16.7. The van der Waals surface area contributed by atoms with Crippen molar-refractivity contribution >= 4 is 40.0 Å². The van der Waals surface area contributed by atoms with Crippen molar-refractivity contribution in [3.05, 3.63) is 34.6 Å². The second kappa shape index (κ2) is 8.95. The number of carbonyl (C=O) groups excluding carboxylic acids is 1. The van der Waals surface area contributed by atoms with Gasteiger partial charge in [-0.1, -0.05) is 12.8 Å². The Balaban J connectivity index is 1.28. The molecule has 178 valence electrons. The molecular formula is C23H28N8O2S. The van der Waals surface area contributed by atoms with E-state index in [4.69, 9.17) is 9.97 Å². The monoisotopic (exact) mass is 480 g/mol. The molecule has 1 amide bonds. The number of nitrogens with one attached hydrogen (secondary N) is 3. The Morgan fingerprint density at radius 2 is 2.06 bits per heavy atom. The third kappa shape index (κ3) is 4.03. The quantitative estimate of drug-likeness (QED) is 0.420. The van der Waals surface area contributed by atoms with E-state index in [-0.39, 0.29) is 11.9 Å². The molecular weight excluding hydrogens is 452 g/mol. The van der Waals surface area contributed by atoms with E-state index in [0.29, 0.717) is 48.0 Å². The molecule has 0 spiro atoms. The zero-order valence-electron chi connectivity index (χ0n) is 18.8. The molecule has 0 bridgehead atoms. The molecule has 3 aromatic rings. The van der Waals surface area contributed by atoms with Gasteiger partial charge in [0.25, 0.3) is 0 Å². The molecule has 1 aliphatic heterocycles. The Morgan fingerprint density at radius 1 is 1.18 bits per heavy atom. The average molecular weight is 481 g/mol. The van der Waals surface area contributed by atoms with Crippen molar-refractivity contribution in [3.8, 4) is 0 Å². The van der Waals surface area contributed by atoms with Crippen molar-refractivity contribution in [2.75, 3.05) is 22.1 Å². The van der Waals surface area contributed by atoms with Gasteiger partial charge in [0.1, 0.15) is 11.9 Å². The number of thiazole rings is 1. The molecule has 3 aromatic heterocycles. The van der Waals surface area contributed by atoms with Crippen molar-refractivity contribution in [2.45, 2.75) is 69.4 Å². The largest absolute Gasteiger partial charge is 0.388 e. The predicted molar refractivity (Wildman–Crippen MR) is 130 cm³/mol. The number of aromatic nitrogens is 5. The lowest BCUT2D eigenvalue weighted by Crippen LogP contribution is -2.40. The molecule has 4 N–H and O–H groups in total. The summed E-state index contributed by atoms with van der Waals surface area (Å²) in [5.74, 6) is 2.20. The smallest absolute Gasteiger partial charge is 0.248 e. The highest BCUT2D eigenvalue weighted by Crippen LogP contribution is 2.39. The fraction of sp³-hybridized carbons (Fsp3) is 0.522. The maximum Gasteiger partial charge on any atom is 0.248 e. The van der Waals surface area contributed by atoms with Crippen molar-refractivity contribution in [1.29, 1.82) is 0 Å². The first-order valence-corrected chi connectivity index (χ1v) is 12.9. The highest BCUT2D eigenvalue weighted by atomic mass is 32.1. The second-order valence-corrected chi connectivity index (χ2v) is 10.2. The topological polar surface area (TPSA) is 132 Å². The summed E-state index contributed by atoms with van der Waals surface area (Å²) in [4.78, 5) is 28.7. The third-order valence-electron chi connectivity index (χ3n) is 7.11. The van der Waals surface area contributed by atoms with E-state index in [1.807, 2.05) is 16.3 Å². The fourth-order valence-corrected chi connectivity index (χ4v) is 5.94. The van der Waals surface area contributed by atoms with Crippen LogP contribution < -0.4 is 15.5 Å². The molecule has 6 rings (SSSR count). The lowest BCUT2D eigenvalue weighted by Gasteiger charge is -2.25. The minimum absolute atomic E-state index is 0.0976. The van der Waals surface area contributed by atoms with E-state index in [1.165, 1.54) is 37.0 Å². The average Bonchev–Trinajstić information content (AvgIpc) is 3.65. The Morgan fingerprint density at radius 3 is 2.88 bits per heavy atom. The van der Waals surface area contributed by atoms with Crippen molar-refractivity contribution in [1.82, 2.24) is 25.1 Å². The number of anilines is 4. The first kappa shape index (κ1) is 21.5. The van der Waals surface area contributed by atoms with Gasteiger partial charge in [0.05, 0.1) is 11.8 Å². The van der Waals surface area contributed by atoms with Crippen LogP contribution in [-0.2, 0) is 11.2 Å². The van der Waals surface area contributed by atoms with Gasteiger partial charge in [-0.3, -0.25) is 9.89 Å². The van der Waals surface area contributed by atoms with Crippen molar-refractivity contribution < 1.29 is 9.90 Å². The normalized spacial score (nSPS) is 22.3. The Labute approximate surface area is 201 Å². The summed E-state index contributed by atoms with van der Waals surface area (Å²) in [6.45, 7) is 0.699. The SMILES string of the molecule is O=C(Nc1nccs1)[C@@H]1CCCN1c1nc2c(c(Nc3cc(C4CCCC4)[nH]n3)n1)C(O)CC2. The molecule has 0 aromatic carbocycles. The number of H-pyrrole nitrogens is 1. The van der Waals surface area contributed by atoms with Crippen LogP contribution in [0.1, 0.15) is 73.9 Å². The highest BCUT2D eigenvalue weighted by Gasteiger charge is 2.35. The highest BCUT2D eigenvalue weighted by molar-refractivity contribution is 7.13. The number of aliphatic hydroxyl groups is 1. The van der Waals surface area contributed by atoms with Crippen molar-refractivity contribution in [3.63, 3.8) is 0 Å². The number of nitrogens with zero attached hydrogens (tertiary/aromatic N) is 5. The summed E-state index contributed by atoms with van der Waals surface area (Å²) in [7, 11) is 0. The van der Waals surface area contributed by atoms with Crippen LogP contribution in [0.5, 0.6) is 0 Å². The molecule has 3 aliphatic rings. The van der Waals surface area contributed by atoms with Crippen LogP contribution >= 0.6 is 11.3 Å². The minimum atomic E-state index is -0.609. The zero-order valence-corrected chi connectivity index (χ0v) is 19.6. The van der Waals surface area contributed by atoms with E-state index < -0.39 is 6.10 Å². The number of aryl methyl sites for hydroxylation is 1. The summed E-state index contributed by atoms with van der Waals surface area (Å²) >= 11 is 1.40. The van der Waals surface area contributed by atoms with Crippen LogP contribution in [0.15, 0.2) is 17.6 Å². The molecule has 2 fully saturated rings. The van der Waals surface area contributed by atoms with Gasteiger partial charge in [-0.2, -0.15) is 10.1 Å². The number of hydrogen-bond acceptors (Lipinski definition) is 9. The summed E-state index contributed by atoms with van der Waals surface area (Å²) in [5.41, 5.74) is 2.71. The van der Waals surface area contributed by atoms with Gasteiger partial charge in [0, 0.05) is 41.4 Å². The van der Waals surface area contributed by atoms with E-state index in [9.17, 15) is 9.90 Å². The van der Waals surface area contributed by atoms with Gasteiger partial charge in [-0.05, 0) is 38.5 Å². The van der Waals surface area contributed by atoms with Gasteiger partial charge in [0.15, 0.2) is 10.9 Å². The maximum atomic E-state index is 13.0. The predicted octanol–water partition coefficient (Wildman–Crippen LogP) is 3.64. The molecule has 11 heteroatoms. The van der Waals surface area contributed by atoms with Gasteiger partial charge in [-0.15, -0.1) is 11.3 Å². The standard InChI is InChI=1S/C23H28N8O2S/c32-17-8-7-14-19(17)20(26-18-12-15(29-30-18)13-4-1-2-5-13)27-22(25-14)31-10-3-6-16(31)21(33)28-23-24-9-11-34-23/h9,11-13,16-17,32H,1-8,10H2,(H,24,28,33)(H2,25,26,27,29,30)/t16-,17?/m0/s1. The Hall–Kier alpha value is -3.05. The molecule has 2 aliphatic carbocycles. The second-order valence-electron chi connectivity index (χ2n) is 9.28. The number of amides is 1. The molecule has 2 atom stereocenters. The number of carbonyl (C=O) groups is 1. The Kier molecular flexibility index (Phi) is 5.66. The minimum Gasteiger partial charge on any atom is -0.388 e. The molecule has 10 nitrogen and oxygen atoms in total. The Bertz CT molecular complexity index is 1170. The number of aromatic amines is 1. The van der Waals surface area contributed by atoms with E-state index >= 15 is 0 Å². The molecule has 4 heterocycles. The van der Waals surface area contributed by atoms with E-state index in [1.54, 1.807) is 6.20 Å². The van der Waals surface area contributed by atoms with Crippen LogP contribution in [-0.4, -0.2) is 48.7 Å². The fourth-order valence-electron chi connectivity index (χ4n) is 5.41. The lowest BCUT2D eigenvalue weighted by molar-refractivity contribution is -0.117. The van der Waals surface area contributed by atoms with Gasteiger partial charge in [-0.25, -0.2) is 9.97 Å². The van der Waals surface area contributed by atoms with Gasteiger partial charge in [0.2, 0.25) is 11.9 Å². The van der Waals surface area contributed by atoms with Crippen molar-refractivity contribution in [2.24, 2.45) is 0 Å². The molecule has 0 radical (unpaired) electrons. The zero-order chi connectivity index (χ0) is 23.1. The lowest BCUT2D eigenvalue weighted by atomic mass is 10.0. The van der Waals surface area contributed by atoms with Gasteiger partial charge < -0.3 is 20.6 Å². The summed E-state index contributed by atoms with van der Waals surface area (Å²) in [5, 5.41) is 26.9. The van der Waals surface area contributed by atoms with E-state index in [2.05, 4.69) is 25.8 Å². The number of rotatable bonds is 6. The van der Waals surface area contributed by atoms with Crippen LogP contribution in [0.4, 0.5) is 22.7 Å². The van der Waals surface area contributed by atoms with E-state index in [0.717, 1.165) is 29.8 Å². The van der Waals surface area contributed by atoms with Crippen LogP contribution in [0.25, 0.3) is 0 Å². The summed E-state index contributed by atoms with van der Waals surface area (Å²) in [6.07, 6.45) is 8.86. The number of fused-ring (bicyclic) bond motifs is 1. The van der Waals surface area contributed by atoms with Crippen LogP contribution in [0.2, 0.25) is 0 Å². The van der Waals surface area contributed by atoms with Gasteiger partial charge >= 0.3 is 0 Å². The maximum absolute atomic E-state index is 13.0.